The Bertz CT molecular complexity index is 1440. The smallest absolute Gasteiger partial charge is 0.234 e. The molecular weight excluding hydrogens is 488 g/mol. The van der Waals surface area contributed by atoms with Crippen molar-refractivity contribution in [3.63, 3.8) is 0 Å². The molecular formula is C31H36N6O2. The fraction of sp³-hybridized carbons (Fsp3) is 0.484. The fourth-order valence-electron chi connectivity index (χ4n) is 7.25. The molecule has 3 fully saturated rings. The van der Waals surface area contributed by atoms with Crippen LogP contribution >= 0.6 is 0 Å². The van der Waals surface area contributed by atoms with E-state index in [4.69, 9.17) is 9.72 Å². The number of piperazine rings is 1. The molecule has 2 bridgehead atoms. The summed E-state index contributed by atoms with van der Waals surface area (Å²) in [5, 5.41) is 26.7. The minimum absolute atomic E-state index is 0.257. The van der Waals surface area contributed by atoms with Crippen molar-refractivity contribution in [2.24, 2.45) is 0 Å². The number of anilines is 2. The second kappa shape index (κ2) is 9.89. The number of benzene rings is 2. The van der Waals surface area contributed by atoms with Gasteiger partial charge in [0.1, 0.15) is 29.8 Å². The Morgan fingerprint density at radius 1 is 1.10 bits per heavy atom. The van der Waals surface area contributed by atoms with Gasteiger partial charge in [0.2, 0.25) is 5.88 Å². The minimum atomic E-state index is 0.257. The van der Waals surface area contributed by atoms with Gasteiger partial charge in [-0.25, -0.2) is 0 Å². The highest BCUT2D eigenvalue weighted by atomic mass is 16.5. The Hall–Kier alpha value is -3.54. The lowest BCUT2D eigenvalue weighted by Gasteiger charge is -2.40. The van der Waals surface area contributed by atoms with Crippen LogP contribution in [0.4, 0.5) is 11.5 Å². The van der Waals surface area contributed by atoms with Crippen LogP contribution in [0.3, 0.4) is 0 Å². The van der Waals surface area contributed by atoms with Crippen LogP contribution in [0.25, 0.3) is 10.8 Å². The quantitative estimate of drug-likeness (QED) is 0.521. The molecule has 2 aromatic carbocycles. The number of rotatable bonds is 5. The molecule has 0 spiro atoms. The van der Waals surface area contributed by atoms with Crippen LogP contribution in [0.15, 0.2) is 36.4 Å². The Kier molecular flexibility index (Phi) is 6.21. The van der Waals surface area contributed by atoms with Gasteiger partial charge >= 0.3 is 0 Å². The van der Waals surface area contributed by atoms with Crippen molar-refractivity contribution in [3.8, 4) is 17.7 Å². The average Bonchev–Trinajstić information content (AvgIpc) is 3.47. The summed E-state index contributed by atoms with van der Waals surface area (Å²) in [5.74, 6) is 1.76. The fourth-order valence-corrected chi connectivity index (χ4v) is 7.25. The summed E-state index contributed by atoms with van der Waals surface area (Å²) in [6.45, 7) is 4.95. The van der Waals surface area contributed by atoms with Gasteiger partial charge in [-0.1, -0.05) is 24.3 Å². The normalized spacial score (nSPS) is 24.7. The third kappa shape index (κ3) is 4.25. The number of phenols is 1. The number of hydrogen-bond acceptors (Lipinski definition) is 8. The summed E-state index contributed by atoms with van der Waals surface area (Å²) in [5.41, 5.74) is 3.77. The highest BCUT2D eigenvalue weighted by Crippen LogP contribution is 2.42. The number of nitriles is 1. The van der Waals surface area contributed by atoms with E-state index >= 15 is 0 Å². The predicted octanol–water partition coefficient (Wildman–Crippen LogP) is 3.79. The van der Waals surface area contributed by atoms with Gasteiger partial charge in [0.15, 0.2) is 0 Å². The lowest BCUT2D eigenvalue weighted by molar-refractivity contribution is 0.192. The zero-order valence-electron chi connectivity index (χ0n) is 22.6. The van der Waals surface area contributed by atoms with E-state index in [0.717, 1.165) is 66.9 Å². The largest absolute Gasteiger partial charge is 0.508 e. The van der Waals surface area contributed by atoms with Crippen molar-refractivity contribution in [3.05, 3.63) is 53.1 Å². The van der Waals surface area contributed by atoms with E-state index < -0.39 is 0 Å². The molecule has 7 rings (SSSR count). The van der Waals surface area contributed by atoms with Crippen LogP contribution in [-0.4, -0.2) is 72.9 Å². The average molecular weight is 525 g/mol. The maximum atomic E-state index is 10.5. The Morgan fingerprint density at radius 2 is 1.92 bits per heavy atom. The number of likely N-dealkylation sites (tertiary alicyclic amines) is 1. The molecule has 5 heterocycles. The first-order chi connectivity index (χ1) is 19.1. The third-order valence-electron chi connectivity index (χ3n) is 9.32. The molecule has 0 aliphatic carbocycles. The van der Waals surface area contributed by atoms with Gasteiger partial charge in [-0.05, 0) is 57.1 Å². The maximum absolute atomic E-state index is 10.5. The van der Waals surface area contributed by atoms with Crippen LogP contribution in [0.1, 0.15) is 42.4 Å². The highest BCUT2D eigenvalue weighted by molar-refractivity contribution is 5.95. The van der Waals surface area contributed by atoms with Gasteiger partial charge < -0.3 is 29.9 Å². The molecule has 3 atom stereocenters. The molecule has 4 aliphatic rings. The minimum Gasteiger partial charge on any atom is -0.508 e. The van der Waals surface area contributed by atoms with Crippen LogP contribution in [0.5, 0.6) is 11.6 Å². The molecule has 4 aliphatic heterocycles. The van der Waals surface area contributed by atoms with E-state index in [2.05, 4.69) is 39.2 Å². The number of ether oxygens (including phenoxy) is 1. The molecule has 3 saturated heterocycles. The van der Waals surface area contributed by atoms with Gasteiger partial charge in [-0.3, -0.25) is 0 Å². The van der Waals surface area contributed by atoms with E-state index in [1.165, 1.54) is 24.8 Å². The zero-order chi connectivity index (χ0) is 26.5. The van der Waals surface area contributed by atoms with Crippen molar-refractivity contribution < 1.29 is 9.84 Å². The second-order valence-corrected chi connectivity index (χ2v) is 11.6. The number of phenolic OH excluding ortho intramolecular Hbond substituents is 1. The highest BCUT2D eigenvalue weighted by Gasteiger charge is 2.40. The summed E-state index contributed by atoms with van der Waals surface area (Å²) < 4.78 is 6.43. The number of nitrogens with zero attached hydrogens (tertiary/aromatic N) is 5. The number of pyridine rings is 1. The molecule has 1 aromatic heterocycles. The molecule has 3 aromatic rings. The van der Waals surface area contributed by atoms with Crippen molar-refractivity contribution in [1.29, 1.82) is 5.26 Å². The van der Waals surface area contributed by atoms with Crippen LogP contribution < -0.4 is 19.9 Å². The lowest BCUT2D eigenvalue weighted by Crippen LogP contribution is -2.53. The van der Waals surface area contributed by atoms with Crippen LogP contribution in [0.2, 0.25) is 0 Å². The molecule has 202 valence electrons. The first kappa shape index (κ1) is 24.5. The first-order valence-corrected chi connectivity index (χ1v) is 14.4. The van der Waals surface area contributed by atoms with Gasteiger partial charge in [-0.15, -0.1) is 0 Å². The number of hydrogen-bond donors (Lipinski definition) is 2. The molecule has 0 saturated carbocycles. The molecule has 8 heteroatoms. The van der Waals surface area contributed by atoms with E-state index in [-0.39, 0.29) is 5.75 Å². The van der Waals surface area contributed by atoms with E-state index in [1.54, 1.807) is 0 Å². The number of fused-ring (bicyclic) bond motifs is 4. The number of aromatic hydroxyl groups is 1. The van der Waals surface area contributed by atoms with E-state index in [1.807, 2.05) is 30.3 Å². The summed E-state index contributed by atoms with van der Waals surface area (Å²) in [6.07, 6.45) is 5.41. The number of aromatic nitrogens is 1. The maximum Gasteiger partial charge on any atom is 0.234 e. The lowest BCUT2D eigenvalue weighted by atomic mass is 9.94. The van der Waals surface area contributed by atoms with Gasteiger partial charge in [0.05, 0.1) is 0 Å². The predicted molar refractivity (Wildman–Crippen MR) is 153 cm³/mol. The summed E-state index contributed by atoms with van der Waals surface area (Å²) in [7, 11) is 2.15. The molecule has 8 nitrogen and oxygen atoms in total. The summed E-state index contributed by atoms with van der Waals surface area (Å²) in [4.78, 5) is 12.3. The molecule has 0 amide bonds. The van der Waals surface area contributed by atoms with E-state index in [9.17, 15) is 10.4 Å². The van der Waals surface area contributed by atoms with E-state index in [0.29, 0.717) is 42.7 Å². The van der Waals surface area contributed by atoms with Crippen LogP contribution in [0, 0.1) is 11.3 Å². The van der Waals surface area contributed by atoms with Crippen molar-refractivity contribution in [2.75, 3.05) is 49.6 Å². The van der Waals surface area contributed by atoms with Crippen molar-refractivity contribution >= 4 is 22.3 Å². The van der Waals surface area contributed by atoms with Crippen LogP contribution in [-0.2, 0) is 13.0 Å². The Morgan fingerprint density at radius 3 is 2.69 bits per heavy atom. The van der Waals surface area contributed by atoms with Crippen molar-refractivity contribution in [1.82, 2.24) is 15.2 Å². The SMILES string of the molecule is CN1CCCC1COc1nc(N2C3CCC2CNC3)c2c(c1C#N)CN(c1cc(O)cc3ccccc13)CC2. The van der Waals surface area contributed by atoms with Gasteiger partial charge in [0, 0.05) is 72.6 Å². The van der Waals surface area contributed by atoms with Gasteiger partial charge in [-0.2, -0.15) is 10.2 Å². The summed E-state index contributed by atoms with van der Waals surface area (Å²) >= 11 is 0. The monoisotopic (exact) mass is 524 g/mol. The number of likely N-dealkylation sites (N-methyl/N-ethyl adjacent to an activating group) is 1. The molecule has 2 N–H and O–H groups in total. The third-order valence-corrected chi connectivity index (χ3v) is 9.32. The zero-order valence-corrected chi connectivity index (χ0v) is 22.6. The summed E-state index contributed by atoms with van der Waals surface area (Å²) in [6, 6.07) is 15.5. The second-order valence-electron chi connectivity index (χ2n) is 11.6. The Balaban J connectivity index is 1.31. The standard InChI is InChI=1S/C31H36N6O2/c1-35-11-4-6-23(35)19-39-31-27(15-32)28-18-36(29-14-24(38)13-20-5-2-3-7-25(20)29)12-10-26(28)30(34-31)37-21-8-9-22(37)17-33-16-21/h2-3,5,7,13-14,21-23,33,38H,4,6,8-12,16-19H2,1H3. The molecule has 39 heavy (non-hydrogen) atoms. The topological polar surface area (TPSA) is 87.9 Å². The molecule has 0 radical (unpaired) electrons. The van der Waals surface area contributed by atoms with Gasteiger partial charge in [0.25, 0.3) is 0 Å². The van der Waals surface area contributed by atoms with Crippen molar-refractivity contribution in [2.45, 2.75) is 56.8 Å². The first-order valence-electron chi connectivity index (χ1n) is 14.4. The Labute approximate surface area is 229 Å². The molecule has 3 unspecified atom stereocenters. The number of nitrogens with one attached hydrogen (secondary N) is 1.